The first-order chi connectivity index (χ1) is 9.43. The van der Waals surface area contributed by atoms with E-state index in [1.54, 1.807) is 0 Å². The largest absolute Gasteiger partial charge is 0.340 e. The van der Waals surface area contributed by atoms with E-state index in [9.17, 15) is 4.79 Å². The van der Waals surface area contributed by atoms with Crippen LogP contribution in [0.15, 0.2) is 6.07 Å². The van der Waals surface area contributed by atoms with Crippen molar-refractivity contribution in [1.82, 2.24) is 10.2 Å². The fourth-order valence-corrected chi connectivity index (χ4v) is 3.18. The van der Waals surface area contributed by atoms with Crippen molar-refractivity contribution >= 4 is 5.91 Å². The molecule has 0 aliphatic carbocycles. The molecule has 0 radical (unpaired) electrons. The van der Waals surface area contributed by atoms with Gasteiger partial charge in [0.05, 0.1) is 5.92 Å². The van der Waals surface area contributed by atoms with E-state index >= 15 is 0 Å². The number of aryl methyl sites for hydroxylation is 2. The van der Waals surface area contributed by atoms with E-state index in [1.165, 1.54) is 27.8 Å². The minimum Gasteiger partial charge on any atom is -0.340 e. The number of piperazine rings is 1. The highest BCUT2D eigenvalue weighted by Crippen LogP contribution is 2.29. The number of nitrogens with one attached hydrogen (secondary N) is 1. The van der Waals surface area contributed by atoms with Gasteiger partial charge < -0.3 is 10.2 Å². The van der Waals surface area contributed by atoms with Gasteiger partial charge in [-0.15, -0.1) is 0 Å². The quantitative estimate of drug-likeness (QED) is 0.898. The molecule has 0 saturated carbocycles. The van der Waals surface area contributed by atoms with Crippen molar-refractivity contribution in [3.63, 3.8) is 0 Å². The number of hydrogen-bond acceptors (Lipinski definition) is 2. The lowest BCUT2D eigenvalue weighted by Crippen LogP contribution is -2.47. The molecule has 110 valence electrons. The molecule has 1 aliphatic rings. The van der Waals surface area contributed by atoms with Crippen LogP contribution in [0.1, 0.15) is 40.7 Å². The fraction of sp³-hybridized carbons (Fsp3) is 0.588. The van der Waals surface area contributed by atoms with E-state index in [4.69, 9.17) is 0 Å². The van der Waals surface area contributed by atoms with Gasteiger partial charge in [0.15, 0.2) is 0 Å². The van der Waals surface area contributed by atoms with Gasteiger partial charge in [-0.05, 0) is 62.4 Å². The van der Waals surface area contributed by atoms with Gasteiger partial charge in [-0.3, -0.25) is 4.79 Å². The minimum atomic E-state index is -0.0494. The number of rotatable bonds is 2. The Bertz CT molecular complexity index is 490. The number of nitrogens with zero attached hydrogens (tertiary/aromatic N) is 1. The summed E-state index contributed by atoms with van der Waals surface area (Å²) in [6.45, 7) is 14.1. The molecule has 1 N–H and O–H groups in total. The van der Waals surface area contributed by atoms with Crippen molar-refractivity contribution < 1.29 is 4.79 Å². The molecule has 1 amide bonds. The lowest BCUT2D eigenvalue weighted by atomic mass is 9.86. The highest BCUT2D eigenvalue weighted by atomic mass is 16.2. The summed E-state index contributed by atoms with van der Waals surface area (Å²) in [5.74, 6) is 0.217. The summed E-state index contributed by atoms with van der Waals surface area (Å²) >= 11 is 0. The van der Waals surface area contributed by atoms with E-state index in [0.717, 1.165) is 26.2 Å². The van der Waals surface area contributed by atoms with Gasteiger partial charge in [-0.2, -0.15) is 0 Å². The van der Waals surface area contributed by atoms with Crippen LogP contribution in [0.4, 0.5) is 0 Å². The van der Waals surface area contributed by atoms with Crippen molar-refractivity contribution in [2.75, 3.05) is 26.2 Å². The lowest BCUT2D eigenvalue weighted by Gasteiger charge is -2.31. The van der Waals surface area contributed by atoms with E-state index < -0.39 is 0 Å². The van der Waals surface area contributed by atoms with Crippen molar-refractivity contribution in [3.05, 3.63) is 33.9 Å². The van der Waals surface area contributed by atoms with Crippen LogP contribution in [0.25, 0.3) is 0 Å². The summed E-state index contributed by atoms with van der Waals surface area (Å²) in [5.41, 5.74) is 6.32. The highest BCUT2D eigenvalue weighted by molar-refractivity contribution is 5.84. The molecule has 3 nitrogen and oxygen atoms in total. The van der Waals surface area contributed by atoms with Crippen LogP contribution in [0.2, 0.25) is 0 Å². The Morgan fingerprint density at radius 1 is 1.10 bits per heavy atom. The predicted molar refractivity (Wildman–Crippen MR) is 83.3 cm³/mol. The molecule has 1 aliphatic heterocycles. The van der Waals surface area contributed by atoms with Crippen molar-refractivity contribution in [2.24, 2.45) is 0 Å². The monoisotopic (exact) mass is 274 g/mol. The maximum Gasteiger partial charge on any atom is 0.229 e. The molecule has 1 aromatic carbocycles. The van der Waals surface area contributed by atoms with Gasteiger partial charge >= 0.3 is 0 Å². The standard InChI is InChI=1S/C17H26N2O/c1-11-10-12(2)14(4)16(13(11)3)15(5)17(20)19-8-6-18-7-9-19/h10,15,18H,6-9H2,1-5H3. The third-order valence-electron chi connectivity index (χ3n) is 4.66. The smallest absolute Gasteiger partial charge is 0.229 e. The first kappa shape index (κ1) is 15.0. The number of carbonyl (C=O) groups excluding carboxylic acids is 1. The zero-order valence-electron chi connectivity index (χ0n) is 13.3. The molecule has 0 bridgehead atoms. The minimum absolute atomic E-state index is 0.0494. The third kappa shape index (κ3) is 2.73. The molecule has 0 aromatic heterocycles. The van der Waals surface area contributed by atoms with E-state index in [-0.39, 0.29) is 11.8 Å². The molecule has 1 saturated heterocycles. The summed E-state index contributed by atoms with van der Waals surface area (Å²) in [4.78, 5) is 14.7. The maximum absolute atomic E-state index is 12.7. The third-order valence-corrected chi connectivity index (χ3v) is 4.66. The normalized spacial score (nSPS) is 17.1. The van der Waals surface area contributed by atoms with Gasteiger partial charge in [0.25, 0.3) is 0 Å². The zero-order valence-corrected chi connectivity index (χ0v) is 13.3. The van der Waals surface area contributed by atoms with Crippen molar-refractivity contribution in [1.29, 1.82) is 0 Å². The van der Waals surface area contributed by atoms with Crippen LogP contribution in [-0.4, -0.2) is 37.0 Å². The first-order valence-electron chi connectivity index (χ1n) is 7.50. The Labute approximate surface area is 122 Å². The first-order valence-corrected chi connectivity index (χ1v) is 7.50. The Morgan fingerprint density at radius 3 is 2.10 bits per heavy atom. The number of carbonyl (C=O) groups is 1. The van der Waals surface area contributed by atoms with Gasteiger partial charge in [0, 0.05) is 26.2 Å². The van der Waals surface area contributed by atoms with Gasteiger partial charge in [-0.25, -0.2) is 0 Å². The van der Waals surface area contributed by atoms with E-state index in [0.29, 0.717) is 0 Å². The molecule has 3 heteroatoms. The molecule has 1 heterocycles. The Morgan fingerprint density at radius 2 is 1.60 bits per heavy atom. The predicted octanol–water partition coefficient (Wildman–Crippen LogP) is 2.46. The SMILES string of the molecule is Cc1cc(C)c(C)c(C(C)C(=O)N2CCNCC2)c1C. The van der Waals surface area contributed by atoms with Gasteiger partial charge in [-0.1, -0.05) is 6.07 Å². The Balaban J connectivity index is 2.33. The number of benzene rings is 1. The second kappa shape index (κ2) is 5.96. The summed E-state index contributed by atoms with van der Waals surface area (Å²) in [7, 11) is 0. The molecule has 0 spiro atoms. The van der Waals surface area contributed by atoms with Crippen LogP contribution >= 0.6 is 0 Å². The van der Waals surface area contributed by atoms with Crippen molar-refractivity contribution in [3.8, 4) is 0 Å². The van der Waals surface area contributed by atoms with Crippen LogP contribution in [0.3, 0.4) is 0 Å². The average Bonchev–Trinajstić information content (AvgIpc) is 2.45. The van der Waals surface area contributed by atoms with Gasteiger partial charge in [0.2, 0.25) is 5.91 Å². The Hall–Kier alpha value is -1.35. The van der Waals surface area contributed by atoms with Crippen LogP contribution < -0.4 is 5.32 Å². The molecule has 1 aromatic rings. The molecular formula is C17H26N2O. The van der Waals surface area contributed by atoms with Gasteiger partial charge in [0.1, 0.15) is 0 Å². The topological polar surface area (TPSA) is 32.3 Å². The average molecular weight is 274 g/mol. The van der Waals surface area contributed by atoms with Crippen molar-refractivity contribution in [2.45, 2.75) is 40.5 Å². The molecular weight excluding hydrogens is 248 g/mol. The Kier molecular flexibility index (Phi) is 4.48. The lowest BCUT2D eigenvalue weighted by molar-refractivity contribution is -0.133. The molecule has 1 atom stereocenters. The second-order valence-corrected chi connectivity index (χ2v) is 5.97. The summed E-state index contributed by atoms with van der Waals surface area (Å²) in [6, 6.07) is 2.22. The van der Waals surface area contributed by atoms with E-state index in [1.807, 2.05) is 4.90 Å². The number of hydrogen-bond donors (Lipinski definition) is 1. The van der Waals surface area contributed by atoms with Crippen LogP contribution in [0.5, 0.6) is 0 Å². The number of amides is 1. The fourth-order valence-electron chi connectivity index (χ4n) is 3.18. The maximum atomic E-state index is 12.7. The summed E-state index contributed by atoms with van der Waals surface area (Å²) in [6.07, 6.45) is 0. The molecule has 2 rings (SSSR count). The molecule has 1 fully saturated rings. The van der Waals surface area contributed by atoms with Crippen LogP contribution in [-0.2, 0) is 4.79 Å². The summed E-state index contributed by atoms with van der Waals surface area (Å²) < 4.78 is 0. The van der Waals surface area contributed by atoms with Crippen LogP contribution in [0, 0.1) is 27.7 Å². The second-order valence-electron chi connectivity index (χ2n) is 5.97. The zero-order chi connectivity index (χ0) is 14.9. The molecule has 1 unspecified atom stereocenters. The summed E-state index contributed by atoms with van der Waals surface area (Å²) in [5, 5.41) is 3.30. The molecule has 20 heavy (non-hydrogen) atoms. The van der Waals surface area contributed by atoms with E-state index in [2.05, 4.69) is 46.0 Å². The highest BCUT2D eigenvalue weighted by Gasteiger charge is 2.26.